The molecule has 0 saturated carbocycles. The lowest BCUT2D eigenvalue weighted by Crippen LogP contribution is -2.48. The van der Waals surface area contributed by atoms with Crippen molar-refractivity contribution in [1.29, 1.82) is 0 Å². The van der Waals surface area contributed by atoms with E-state index in [4.69, 9.17) is 5.73 Å². The maximum atomic E-state index is 12.2. The van der Waals surface area contributed by atoms with E-state index < -0.39 is 0 Å². The summed E-state index contributed by atoms with van der Waals surface area (Å²) in [7, 11) is 0. The maximum Gasteiger partial charge on any atom is 0.238 e. The molecular formula is C15H21Br2N3O. The molecule has 1 aliphatic heterocycles. The van der Waals surface area contributed by atoms with E-state index in [1.54, 1.807) is 0 Å². The van der Waals surface area contributed by atoms with E-state index in [1.807, 2.05) is 19.1 Å². The normalized spacial score (nSPS) is 23.1. The van der Waals surface area contributed by atoms with E-state index in [0.717, 1.165) is 39.7 Å². The highest BCUT2D eigenvalue weighted by Crippen LogP contribution is 2.32. The molecule has 1 saturated heterocycles. The Morgan fingerprint density at radius 2 is 2.05 bits per heavy atom. The molecule has 2 unspecified atom stereocenters. The molecule has 21 heavy (non-hydrogen) atoms. The number of nitrogens with zero attached hydrogens (tertiary/aromatic N) is 1. The summed E-state index contributed by atoms with van der Waals surface area (Å²) in [5.41, 5.74) is 7.92. The third kappa shape index (κ3) is 4.52. The molecule has 0 aliphatic carbocycles. The van der Waals surface area contributed by atoms with Crippen LogP contribution in [0.3, 0.4) is 0 Å². The van der Waals surface area contributed by atoms with Crippen molar-refractivity contribution in [2.24, 2.45) is 11.7 Å². The van der Waals surface area contributed by atoms with Gasteiger partial charge in [-0.1, -0.05) is 6.92 Å². The third-order valence-corrected chi connectivity index (χ3v) is 5.12. The van der Waals surface area contributed by atoms with Gasteiger partial charge in [0.05, 0.1) is 12.2 Å². The van der Waals surface area contributed by atoms with E-state index in [0.29, 0.717) is 12.5 Å². The third-order valence-electron chi connectivity index (χ3n) is 3.87. The summed E-state index contributed by atoms with van der Waals surface area (Å²) in [5.74, 6) is 0.437. The first-order chi connectivity index (χ1) is 9.86. The number of aryl methyl sites for hydroxylation is 1. The van der Waals surface area contributed by atoms with Gasteiger partial charge in [0.15, 0.2) is 0 Å². The molecule has 0 spiro atoms. The van der Waals surface area contributed by atoms with E-state index in [1.165, 1.54) is 0 Å². The first-order valence-corrected chi connectivity index (χ1v) is 8.69. The summed E-state index contributed by atoms with van der Waals surface area (Å²) < 4.78 is 1.77. The van der Waals surface area contributed by atoms with Crippen molar-refractivity contribution in [3.8, 4) is 0 Å². The number of carbonyl (C=O) groups is 1. The monoisotopic (exact) mass is 417 g/mol. The Balaban J connectivity index is 1.96. The molecule has 1 heterocycles. The van der Waals surface area contributed by atoms with Crippen LogP contribution in [0.2, 0.25) is 0 Å². The zero-order chi connectivity index (χ0) is 15.6. The van der Waals surface area contributed by atoms with Crippen molar-refractivity contribution in [3.63, 3.8) is 0 Å². The first kappa shape index (κ1) is 16.9. The Kier molecular flexibility index (Phi) is 5.82. The lowest BCUT2D eigenvalue weighted by molar-refractivity contribution is -0.117. The number of rotatable bonds is 3. The Morgan fingerprint density at radius 1 is 1.43 bits per heavy atom. The molecule has 1 aromatic carbocycles. The molecule has 3 N–H and O–H groups in total. The lowest BCUT2D eigenvalue weighted by Gasteiger charge is -2.34. The fraction of sp³-hybridized carbons (Fsp3) is 0.533. The van der Waals surface area contributed by atoms with Crippen molar-refractivity contribution < 1.29 is 4.79 Å². The Labute approximate surface area is 142 Å². The number of nitrogens with one attached hydrogen (secondary N) is 1. The predicted molar refractivity (Wildman–Crippen MR) is 93.4 cm³/mol. The zero-order valence-electron chi connectivity index (χ0n) is 12.3. The van der Waals surface area contributed by atoms with Gasteiger partial charge >= 0.3 is 0 Å². The second-order valence-corrected chi connectivity index (χ2v) is 7.53. The molecule has 1 amide bonds. The summed E-state index contributed by atoms with van der Waals surface area (Å²) in [5, 5.41) is 2.97. The van der Waals surface area contributed by atoms with Gasteiger partial charge in [-0.3, -0.25) is 9.69 Å². The summed E-state index contributed by atoms with van der Waals surface area (Å²) in [4.78, 5) is 14.4. The Hall–Kier alpha value is -0.430. The van der Waals surface area contributed by atoms with Gasteiger partial charge in [0.2, 0.25) is 5.91 Å². The number of piperidine rings is 1. The molecule has 1 fully saturated rings. The number of benzene rings is 1. The molecule has 4 nitrogen and oxygen atoms in total. The number of amides is 1. The summed E-state index contributed by atoms with van der Waals surface area (Å²) in [6.07, 6.45) is 0.951. The molecular weight excluding hydrogens is 398 g/mol. The van der Waals surface area contributed by atoms with Crippen LogP contribution in [0.1, 0.15) is 18.9 Å². The van der Waals surface area contributed by atoms with Gasteiger partial charge in [-0.2, -0.15) is 0 Å². The van der Waals surface area contributed by atoms with Crippen LogP contribution in [0.15, 0.2) is 21.1 Å². The fourth-order valence-corrected chi connectivity index (χ4v) is 4.21. The molecule has 6 heteroatoms. The summed E-state index contributed by atoms with van der Waals surface area (Å²) >= 11 is 6.99. The van der Waals surface area contributed by atoms with Crippen LogP contribution >= 0.6 is 31.9 Å². The average molecular weight is 419 g/mol. The minimum Gasteiger partial charge on any atom is -0.327 e. The number of halogens is 2. The number of nitrogens with two attached hydrogens (primary N) is 1. The van der Waals surface area contributed by atoms with Crippen molar-refractivity contribution in [2.45, 2.75) is 26.3 Å². The second-order valence-electron chi connectivity index (χ2n) is 5.82. The number of hydrogen-bond acceptors (Lipinski definition) is 3. The molecule has 1 aromatic rings. The fourth-order valence-electron chi connectivity index (χ4n) is 2.60. The van der Waals surface area contributed by atoms with Crippen molar-refractivity contribution in [2.75, 3.05) is 25.0 Å². The van der Waals surface area contributed by atoms with Crippen LogP contribution in [-0.2, 0) is 4.79 Å². The molecule has 2 rings (SSSR count). The highest BCUT2D eigenvalue weighted by Gasteiger charge is 2.24. The first-order valence-electron chi connectivity index (χ1n) is 7.10. The molecule has 1 aliphatic rings. The Bertz CT molecular complexity index is 513. The zero-order valence-corrected chi connectivity index (χ0v) is 15.5. The van der Waals surface area contributed by atoms with Gasteiger partial charge in [-0.05, 0) is 68.8 Å². The van der Waals surface area contributed by atoms with Crippen LogP contribution in [0.4, 0.5) is 5.69 Å². The van der Waals surface area contributed by atoms with Crippen LogP contribution in [0.25, 0.3) is 0 Å². The van der Waals surface area contributed by atoms with E-state index in [2.05, 4.69) is 49.0 Å². The van der Waals surface area contributed by atoms with E-state index in [-0.39, 0.29) is 11.9 Å². The molecule has 0 bridgehead atoms. The predicted octanol–water partition coefficient (Wildman–Crippen LogP) is 3.13. The van der Waals surface area contributed by atoms with Gasteiger partial charge in [-0.15, -0.1) is 0 Å². The van der Waals surface area contributed by atoms with Crippen LogP contribution < -0.4 is 11.1 Å². The lowest BCUT2D eigenvalue weighted by atomic mass is 9.95. The standard InChI is InChI=1S/C15H21Br2N3O/c1-9-5-11(16)15(12(17)6-9)19-14(21)8-20-4-3-13(18)10(2)7-20/h5-6,10,13H,3-4,7-8,18H2,1-2H3,(H,19,21). The minimum atomic E-state index is 0.00271. The highest BCUT2D eigenvalue weighted by atomic mass is 79.9. The highest BCUT2D eigenvalue weighted by molar-refractivity contribution is 9.11. The van der Waals surface area contributed by atoms with Crippen LogP contribution in [0, 0.1) is 12.8 Å². The van der Waals surface area contributed by atoms with Gasteiger partial charge < -0.3 is 11.1 Å². The van der Waals surface area contributed by atoms with E-state index in [9.17, 15) is 4.79 Å². The number of hydrogen-bond donors (Lipinski definition) is 2. The minimum absolute atomic E-state index is 0.00271. The molecule has 2 atom stereocenters. The quantitative estimate of drug-likeness (QED) is 0.792. The summed E-state index contributed by atoms with van der Waals surface area (Å²) in [6, 6.07) is 4.23. The second kappa shape index (κ2) is 7.22. The molecule has 0 radical (unpaired) electrons. The average Bonchev–Trinajstić information content (AvgIpc) is 2.38. The topological polar surface area (TPSA) is 58.4 Å². The van der Waals surface area contributed by atoms with E-state index >= 15 is 0 Å². The van der Waals surface area contributed by atoms with Gasteiger partial charge in [0.1, 0.15) is 0 Å². The smallest absolute Gasteiger partial charge is 0.238 e. The van der Waals surface area contributed by atoms with Gasteiger partial charge in [-0.25, -0.2) is 0 Å². The maximum absolute atomic E-state index is 12.2. The number of anilines is 1. The van der Waals surface area contributed by atoms with Crippen LogP contribution in [0.5, 0.6) is 0 Å². The molecule has 116 valence electrons. The largest absolute Gasteiger partial charge is 0.327 e. The Morgan fingerprint density at radius 3 is 2.62 bits per heavy atom. The number of carbonyl (C=O) groups excluding carboxylic acids is 1. The SMILES string of the molecule is Cc1cc(Br)c(NC(=O)CN2CCC(N)C(C)C2)c(Br)c1. The number of likely N-dealkylation sites (tertiary alicyclic amines) is 1. The van der Waals surface area contributed by atoms with Crippen LogP contribution in [-0.4, -0.2) is 36.5 Å². The van der Waals surface area contributed by atoms with Crippen molar-refractivity contribution in [3.05, 3.63) is 26.6 Å². The molecule has 0 aromatic heterocycles. The van der Waals surface area contributed by atoms with Crippen molar-refractivity contribution in [1.82, 2.24) is 4.90 Å². The summed E-state index contributed by atoms with van der Waals surface area (Å²) in [6.45, 7) is 6.32. The van der Waals surface area contributed by atoms with Gasteiger partial charge in [0.25, 0.3) is 0 Å². The van der Waals surface area contributed by atoms with Crippen molar-refractivity contribution >= 4 is 43.5 Å². The van der Waals surface area contributed by atoms with Gasteiger partial charge in [0, 0.05) is 28.1 Å².